The molecular formula is C15H21N3O2. The van der Waals surface area contributed by atoms with Gasteiger partial charge in [0.15, 0.2) is 0 Å². The first-order chi connectivity index (χ1) is 9.49. The SMILES string of the molecule is CC(CC(C)C)=NNC(=O)CNC(=O)c1ccccc1. The van der Waals surface area contributed by atoms with Gasteiger partial charge in [-0.3, -0.25) is 9.59 Å². The van der Waals surface area contributed by atoms with Gasteiger partial charge in [0.2, 0.25) is 0 Å². The molecule has 20 heavy (non-hydrogen) atoms. The standard InChI is InChI=1S/C15H21N3O2/c1-11(2)9-12(3)17-18-14(19)10-16-15(20)13-7-5-4-6-8-13/h4-8,11H,9-10H2,1-3H3,(H,16,20)(H,18,19). The van der Waals surface area contributed by atoms with Gasteiger partial charge in [0.05, 0.1) is 6.54 Å². The van der Waals surface area contributed by atoms with Crippen LogP contribution in [0, 0.1) is 5.92 Å². The second-order valence-corrected chi connectivity index (χ2v) is 5.03. The highest BCUT2D eigenvalue weighted by molar-refractivity contribution is 5.96. The highest BCUT2D eigenvalue weighted by atomic mass is 16.2. The molecule has 0 unspecified atom stereocenters. The maximum absolute atomic E-state index is 11.7. The second-order valence-electron chi connectivity index (χ2n) is 5.03. The molecule has 0 aliphatic heterocycles. The first-order valence-electron chi connectivity index (χ1n) is 6.64. The Balaban J connectivity index is 2.35. The topological polar surface area (TPSA) is 70.6 Å². The van der Waals surface area contributed by atoms with Gasteiger partial charge in [-0.05, 0) is 31.4 Å². The maximum Gasteiger partial charge on any atom is 0.259 e. The summed E-state index contributed by atoms with van der Waals surface area (Å²) in [6.07, 6.45) is 0.830. The fourth-order valence-corrected chi connectivity index (χ4v) is 1.69. The molecule has 5 heteroatoms. The van der Waals surface area contributed by atoms with E-state index in [1.165, 1.54) is 0 Å². The lowest BCUT2D eigenvalue weighted by molar-refractivity contribution is -0.120. The molecule has 1 aromatic rings. The number of nitrogens with one attached hydrogen (secondary N) is 2. The minimum atomic E-state index is -0.336. The van der Waals surface area contributed by atoms with Crippen LogP contribution in [0.25, 0.3) is 0 Å². The zero-order valence-electron chi connectivity index (χ0n) is 12.1. The average molecular weight is 275 g/mol. The lowest BCUT2D eigenvalue weighted by Crippen LogP contribution is -2.35. The van der Waals surface area contributed by atoms with Gasteiger partial charge in [0, 0.05) is 11.3 Å². The van der Waals surface area contributed by atoms with Crippen molar-refractivity contribution < 1.29 is 9.59 Å². The summed E-state index contributed by atoms with van der Waals surface area (Å²) in [5, 5.41) is 6.52. The summed E-state index contributed by atoms with van der Waals surface area (Å²) >= 11 is 0. The van der Waals surface area contributed by atoms with Gasteiger partial charge >= 0.3 is 0 Å². The van der Waals surface area contributed by atoms with Crippen molar-refractivity contribution in [2.24, 2.45) is 11.0 Å². The van der Waals surface area contributed by atoms with E-state index >= 15 is 0 Å². The molecule has 0 saturated heterocycles. The highest BCUT2D eigenvalue weighted by Crippen LogP contribution is 2.00. The number of benzene rings is 1. The molecule has 108 valence electrons. The van der Waals surface area contributed by atoms with E-state index in [0.29, 0.717) is 11.5 Å². The van der Waals surface area contributed by atoms with Crippen LogP contribution in [0.1, 0.15) is 37.6 Å². The Labute approximate surface area is 119 Å². The Hall–Kier alpha value is -2.17. The van der Waals surface area contributed by atoms with Crippen molar-refractivity contribution in [1.29, 1.82) is 0 Å². The quantitative estimate of drug-likeness (QED) is 0.615. The van der Waals surface area contributed by atoms with Gasteiger partial charge in [-0.25, -0.2) is 5.43 Å². The van der Waals surface area contributed by atoms with Crippen LogP contribution in [0.15, 0.2) is 35.4 Å². The third kappa shape index (κ3) is 6.13. The minimum absolute atomic E-state index is 0.0911. The molecule has 0 aromatic heterocycles. The molecule has 0 saturated carbocycles. The molecule has 0 atom stereocenters. The molecule has 1 aromatic carbocycles. The molecule has 0 aliphatic rings. The van der Waals surface area contributed by atoms with E-state index < -0.39 is 0 Å². The summed E-state index contributed by atoms with van der Waals surface area (Å²) < 4.78 is 0. The number of amides is 2. The molecule has 1 rings (SSSR count). The van der Waals surface area contributed by atoms with Crippen LogP contribution < -0.4 is 10.7 Å². The largest absolute Gasteiger partial charge is 0.343 e. The zero-order chi connectivity index (χ0) is 15.0. The predicted octanol–water partition coefficient (Wildman–Crippen LogP) is 1.95. The van der Waals surface area contributed by atoms with Crippen molar-refractivity contribution >= 4 is 17.5 Å². The Bertz CT molecular complexity index is 481. The summed E-state index contributed by atoms with van der Waals surface area (Å²) in [7, 11) is 0. The third-order valence-corrected chi connectivity index (χ3v) is 2.52. The van der Waals surface area contributed by atoms with Crippen molar-refractivity contribution in [3.8, 4) is 0 Å². The number of hydrogen-bond acceptors (Lipinski definition) is 3. The summed E-state index contributed by atoms with van der Waals surface area (Å²) in [5.74, 6) is -0.116. The fraction of sp³-hybridized carbons (Fsp3) is 0.400. The minimum Gasteiger partial charge on any atom is -0.343 e. The Kier molecular flexibility index (Phi) is 6.43. The molecule has 0 aliphatic carbocycles. The van der Waals surface area contributed by atoms with Gasteiger partial charge < -0.3 is 5.32 Å². The Morgan fingerprint density at radius 2 is 1.85 bits per heavy atom. The van der Waals surface area contributed by atoms with E-state index in [0.717, 1.165) is 12.1 Å². The predicted molar refractivity (Wildman–Crippen MR) is 79.5 cm³/mol. The van der Waals surface area contributed by atoms with Crippen LogP contribution in [0.3, 0.4) is 0 Å². The van der Waals surface area contributed by atoms with Crippen molar-refractivity contribution in [3.63, 3.8) is 0 Å². The number of carbonyl (C=O) groups is 2. The summed E-state index contributed by atoms with van der Waals surface area (Å²) in [5.41, 5.74) is 3.82. The number of rotatable bonds is 6. The molecular weight excluding hydrogens is 254 g/mol. The number of carbonyl (C=O) groups excluding carboxylic acids is 2. The van der Waals surface area contributed by atoms with E-state index in [1.54, 1.807) is 24.3 Å². The molecule has 0 radical (unpaired) electrons. The maximum atomic E-state index is 11.7. The van der Waals surface area contributed by atoms with Crippen LogP contribution >= 0.6 is 0 Å². The van der Waals surface area contributed by atoms with E-state index in [2.05, 4.69) is 29.7 Å². The number of hydrazone groups is 1. The molecule has 0 bridgehead atoms. The summed E-state index contributed by atoms with van der Waals surface area (Å²) in [4.78, 5) is 23.2. The first-order valence-corrected chi connectivity index (χ1v) is 6.64. The van der Waals surface area contributed by atoms with Crippen LogP contribution in [-0.4, -0.2) is 24.1 Å². The van der Waals surface area contributed by atoms with Crippen LogP contribution in [-0.2, 0) is 4.79 Å². The Morgan fingerprint density at radius 3 is 2.45 bits per heavy atom. The van der Waals surface area contributed by atoms with Gasteiger partial charge in [-0.15, -0.1) is 0 Å². The van der Waals surface area contributed by atoms with Crippen molar-refractivity contribution in [3.05, 3.63) is 35.9 Å². The Morgan fingerprint density at radius 1 is 1.20 bits per heavy atom. The average Bonchev–Trinajstić information content (AvgIpc) is 2.42. The van der Waals surface area contributed by atoms with Gasteiger partial charge in [0.1, 0.15) is 0 Å². The molecule has 2 amide bonds. The number of hydrogen-bond donors (Lipinski definition) is 2. The van der Waals surface area contributed by atoms with Gasteiger partial charge in [0.25, 0.3) is 11.8 Å². The van der Waals surface area contributed by atoms with Crippen molar-refractivity contribution in [2.45, 2.75) is 27.2 Å². The molecule has 0 heterocycles. The molecule has 0 spiro atoms. The second kappa shape index (κ2) is 8.09. The van der Waals surface area contributed by atoms with Gasteiger partial charge in [-0.1, -0.05) is 32.0 Å². The normalized spacial score (nSPS) is 11.3. The van der Waals surface area contributed by atoms with E-state index in [9.17, 15) is 9.59 Å². The van der Waals surface area contributed by atoms with Crippen LogP contribution in [0.2, 0.25) is 0 Å². The van der Waals surface area contributed by atoms with E-state index in [-0.39, 0.29) is 18.4 Å². The highest BCUT2D eigenvalue weighted by Gasteiger charge is 2.07. The monoisotopic (exact) mass is 275 g/mol. The molecule has 5 nitrogen and oxygen atoms in total. The summed E-state index contributed by atoms with van der Waals surface area (Å²) in [6, 6.07) is 8.76. The first kappa shape index (κ1) is 15.9. The zero-order valence-corrected chi connectivity index (χ0v) is 12.1. The van der Waals surface area contributed by atoms with Gasteiger partial charge in [-0.2, -0.15) is 5.10 Å². The number of nitrogens with zero attached hydrogens (tertiary/aromatic N) is 1. The smallest absolute Gasteiger partial charge is 0.259 e. The lowest BCUT2D eigenvalue weighted by Gasteiger charge is -2.06. The van der Waals surface area contributed by atoms with E-state index in [1.807, 2.05) is 13.0 Å². The summed E-state index contributed by atoms with van der Waals surface area (Å²) in [6.45, 7) is 5.94. The van der Waals surface area contributed by atoms with Crippen LogP contribution in [0.5, 0.6) is 0 Å². The van der Waals surface area contributed by atoms with Crippen molar-refractivity contribution in [1.82, 2.24) is 10.7 Å². The van der Waals surface area contributed by atoms with Crippen molar-refractivity contribution in [2.75, 3.05) is 6.54 Å². The molecule has 0 fully saturated rings. The van der Waals surface area contributed by atoms with E-state index in [4.69, 9.17) is 0 Å². The third-order valence-electron chi connectivity index (χ3n) is 2.52. The van der Waals surface area contributed by atoms with Crippen LogP contribution in [0.4, 0.5) is 0 Å². The lowest BCUT2D eigenvalue weighted by atomic mass is 10.1. The molecule has 2 N–H and O–H groups in total. The fourth-order valence-electron chi connectivity index (χ4n) is 1.69.